The highest BCUT2D eigenvalue weighted by atomic mass is 32.1. The van der Waals surface area contributed by atoms with Gasteiger partial charge in [0, 0.05) is 6.42 Å². The van der Waals surface area contributed by atoms with Crippen LogP contribution >= 0.6 is 11.3 Å². The molecular weight excluding hydrogens is 216 g/mol. The molecule has 2 heteroatoms. The van der Waals surface area contributed by atoms with Crippen LogP contribution in [0.3, 0.4) is 0 Å². The maximum absolute atomic E-state index is 11.7. The van der Waals surface area contributed by atoms with Gasteiger partial charge in [0.25, 0.3) is 0 Å². The molecule has 1 nitrogen and oxygen atoms in total. The molecule has 0 radical (unpaired) electrons. The number of Topliss-reactive ketones (excluding diaryl/α,β-unsaturated/α-hetero) is 1. The molecule has 0 aliphatic carbocycles. The van der Waals surface area contributed by atoms with E-state index in [0.717, 1.165) is 17.7 Å². The molecule has 0 aliphatic rings. The average Bonchev–Trinajstić information content (AvgIpc) is 2.84. The molecule has 0 bridgehead atoms. The van der Waals surface area contributed by atoms with Crippen molar-refractivity contribution in [2.75, 3.05) is 0 Å². The highest BCUT2D eigenvalue weighted by molar-refractivity contribution is 7.12. The van der Waals surface area contributed by atoms with Gasteiger partial charge in [-0.05, 0) is 29.9 Å². The molecule has 0 spiro atoms. The van der Waals surface area contributed by atoms with Crippen molar-refractivity contribution in [3.8, 4) is 0 Å². The van der Waals surface area contributed by atoms with Crippen molar-refractivity contribution >= 4 is 17.1 Å². The molecule has 16 heavy (non-hydrogen) atoms. The third-order valence-electron chi connectivity index (χ3n) is 2.51. The van der Waals surface area contributed by atoms with E-state index in [1.165, 1.54) is 16.9 Å². The van der Waals surface area contributed by atoms with E-state index in [1.54, 1.807) is 0 Å². The Labute approximate surface area is 99.8 Å². The van der Waals surface area contributed by atoms with Gasteiger partial charge in [0.05, 0.1) is 4.88 Å². The molecular formula is C14H14OS. The number of rotatable bonds is 5. The zero-order chi connectivity index (χ0) is 11.2. The van der Waals surface area contributed by atoms with Gasteiger partial charge < -0.3 is 0 Å². The number of hydrogen-bond acceptors (Lipinski definition) is 2. The fourth-order valence-electron chi connectivity index (χ4n) is 1.66. The second kappa shape index (κ2) is 5.61. The van der Waals surface area contributed by atoms with E-state index in [2.05, 4.69) is 12.1 Å². The molecule has 82 valence electrons. The molecule has 0 fully saturated rings. The van der Waals surface area contributed by atoms with Gasteiger partial charge in [-0.3, -0.25) is 4.79 Å². The largest absolute Gasteiger partial charge is 0.293 e. The molecule has 1 heterocycles. The summed E-state index contributed by atoms with van der Waals surface area (Å²) in [5, 5.41) is 1.95. The molecule has 0 unspecified atom stereocenters. The molecule has 0 amide bonds. The first-order valence-corrected chi connectivity index (χ1v) is 6.35. The van der Waals surface area contributed by atoms with Gasteiger partial charge in [-0.1, -0.05) is 36.4 Å². The van der Waals surface area contributed by atoms with Gasteiger partial charge >= 0.3 is 0 Å². The first-order chi connectivity index (χ1) is 7.86. The fourth-order valence-corrected chi connectivity index (χ4v) is 2.35. The lowest BCUT2D eigenvalue weighted by molar-refractivity contribution is 0.0984. The Balaban J connectivity index is 1.79. The number of aryl methyl sites for hydroxylation is 1. The van der Waals surface area contributed by atoms with Crippen molar-refractivity contribution in [1.29, 1.82) is 0 Å². The molecule has 0 atom stereocenters. The zero-order valence-electron chi connectivity index (χ0n) is 9.06. The van der Waals surface area contributed by atoms with Gasteiger partial charge in [-0.2, -0.15) is 0 Å². The minimum Gasteiger partial charge on any atom is -0.293 e. The number of ketones is 1. The predicted molar refractivity (Wildman–Crippen MR) is 68.0 cm³/mol. The molecule has 1 aromatic carbocycles. The average molecular weight is 230 g/mol. The Hall–Kier alpha value is -1.41. The Morgan fingerprint density at radius 2 is 1.88 bits per heavy atom. The Bertz CT molecular complexity index is 431. The number of hydrogen-bond donors (Lipinski definition) is 0. The molecule has 1 aromatic heterocycles. The summed E-state index contributed by atoms with van der Waals surface area (Å²) in [5.74, 6) is 0.269. The van der Waals surface area contributed by atoms with Crippen molar-refractivity contribution in [1.82, 2.24) is 0 Å². The minimum atomic E-state index is 0.269. The van der Waals surface area contributed by atoms with Gasteiger partial charge in [0.2, 0.25) is 0 Å². The number of benzene rings is 1. The minimum absolute atomic E-state index is 0.269. The number of carbonyl (C=O) groups excluding carboxylic acids is 1. The second-order valence-corrected chi connectivity index (χ2v) is 4.69. The Morgan fingerprint density at radius 1 is 1.06 bits per heavy atom. The third kappa shape index (κ3) is 3.04. The lowest BCUT2D eigenvalue weighted by atomic mass is 10.1. The second-order valence-electron chi connectivity index (χ2n) is 3.74. The maximum atomic E-state index is 11.7. The van der Waals surface area contributed by atoms with Crippen LogP contribution in [0.1, 0.15) is 28.1 Å². The van der Waals surface area contributed by atoms with Crippen LogP contribution in [0.5, 0.6) is 0 Å². The van der Waals surface area contributed by atoms with Crippen LogP contribution < -0.4 is 0 Å². The number of thiophene rings is 1. The smallest absolute Gasteiger partial charge is 0.172 e. The zero-order valence-corrected chi connectivity index (χ0v) is 9.87. The van der Waals surface area contributed by atoms with Crippen LogP contribution in [0, 0.1) is 0 Å². The van der Waals surface area contributed by atoms with Crippen molar-refractivity contribution < 1.29 is 4.79 Å². The van der Waals surface area contributed by atoms with E-state index >= 15 is 0 Å². The van der Waals surface area contributed by atoms with E-state index in [4.69, 9.17) is 0 Å². The molecule has 0 saturated heterocycles. The lowest BCUT2D eigenvalue weighted by Crippen LogP contribution is -1.97. The Kier molecular flexibility index (Phi) is 3.89. The fraction of sp³-hybridized carbons (Fsp3) is 0.214. The summed E-state index contributed by atoms with van der Waals surface area (Å²) in [6.45, 7) is 0. The van der Waals surface area contributed by atoms with Crippen LogP contribution in [0.25, 0.3) is 0 Å². The van der Waals surface area contributed by atoms with Crippen LogP contribution in [-0.4, -0.2) is 5.78 Å². The first kappa shape index (κ1) is 11.1. The van der Waals surface area contributed by atoms with Crippen molar-refractivity contribution in [2.45, 2.75) is 19.3 Å². The summed E-state index contributed by atoms with van der Waals surface area (Å²) >= 11 is 1.53. The Morgan fingerprint density at radius 3 is 2.56 bits per heavy atom. The van der Waals surface area contributed by atoms with E-state index in [-0.39, 0.29) is 5.78 Å². The van der Waals surface area contributed by atoms with Crippen LogP contribution in [0.4, 0.5) is 0 Å². The molecule has 0 N–H and O–H groups in total. The highest BCUT2D eigenvalue weighted by Crippen LogP contribution is 2.13. The normalized spacial score (nSPS) is 10.2. The highest BCUT2D eigenvalue weighted by Gasteiger charge is 2.05. The SMILES string of the molecule is O=C(CCCc1ccccc1)c1cccs1. The first-order valence-electron chi connectivity index (χ1n) is 5.47. The molecule has 2 aromatic rings. The summed E-state index contributed by atoms with van der Waals surface area (Å²) in [6, 6.07) is 14.1. The van der Waals surface area contributed by atoms with Crippen molar-refractivity contribution in [3.63, 3.8) is 0 Å². The van der Waals surface area contributed by atoms with E-state index in [9.17, 15) is 4.79 Å². The van der Waals surface area contributed by atoms with Crippen LogP contribution in [0.15, 0.2) is 47.8 Å². The topological polar surface area (TPSA) is 17.1 Å². The van der Waals surface area contributed by atoms with E-state index < -0.39 is 0 Å². The van der Waals surface area contributed by atoms with Gasteiger partial charge in [-0.15, -0.1) is 11.3 Å². The summed E-state index contributed by atoms with van der Waals surface area (Å²) in [5.41, 5.74) is 1.31. The quantitative estimate of drug-likeness (QED) is 0.711. The van der Waals surface area contributed by atoms with Gasteiger partial charge in [0.1, 0.15) is 0 Å². The monoisotopic (exact) mass is 230 g/mol. The molecule has 0 saturated carbocycles. The predicted octanol–water partition coefficient (Wildman–Crippen LogP) is 3.95. The maximum Gasteiger partial charge on any atom is 0.172 e. The number of carbonyl (C=O) groups is 1. The summed E-state index contributed by atoms with van der Waals surface area (Å²) in [4.78, 5) is 12.6. The summed E-state index contributed by atoms with van der Waals surface area (Å²) < 4.78 is 0. The van der Waals surface area contributed by atoms with Crippen LogP contribution in [0.2, 0.25) is 0 Å². The van der Waals surface area contributed by atoms with Gasteiger partial charge in [0.15, 0.2) is 5.78 Å². The molecule has 0 aliphatic heterocycles. The van der Waals surface area contributed by atoms with E-state index in [0.29, 0.717) is 6.42 Å². The summed E-state index contributed by atoms with van der Waals surface area (Å²) in [7, 11) is 0. The van der Waals surface area contributed by atoms with Crippen molar-refractivity contribution in [2.24, 2.45) is 0 Å². The molecule has 2 rings (SSSR count). The van der Waals surface area contributed by atoms with Crippen LogP contribution in [-0.2, 0) is 6.42 Å². The van der Waals surface area contributed by atoms with Crippen molar-refractivity contribution in [3.05, 3.63) is 58.3 Å². The van der Waals surface area contributed by atoms with E-state index in [1.807, 2.05) is 35.7 Å². The van der Waals surface area contributed by atoms with Gasteiger partial charge in [-0.25, -0.2) is 0 Å². The lowest BCUT2D eigenvalue weighted by Gasteiger charge is -2.00. The third-order valence-corrected chi connectivity index (χ3v) is 3.42. The summed E-state index contributed by atoms with van der Waals surface area (Å²) in [6.07, 6.45) is 2.56. The standard InChI is InChI=1S/C14H14OS/c15-13(14-10-5-11-16-14)9-4-8-12-6-2-1-3-7-12/h1-3,5-7,10-11H,4,8-9H2.